The SMILES string of the molecule is Cc1cc(N2CCC(c3ccccc3)C2)ccc1C=O. The predicted octanol–water partition coefficient (Wildman–Crippen LogP) is 3.80. The third-order valence-corrected chi connectivity index (χ3v) is 4.20. The molecular formula is C18H19NO. The number of benzene rings is 2. The van der Waals surface area contributed by atoms with Gasteiger partial charge in [-0.15, -0.1) is 0 Å². The van der Waals surface area contributed by atoms with Crippen LogP contribution < -0.4 is 4.90 Å². The minimum atomic E-state index is 0.613. The highest BCUT2D eigenvalue weighted by atomic mass is 16.1. The smallest absolute Gasteiger partial charge is 0.150 e. The molecule has 1 atom stereocenters. The molecule has 102 valence electrons. The summed E-state index contributed by atoms with van der Waals surface area (Å²) in [4.78, 5) is 13.3. The van der Waals surface area contributed by atoms with Gasteiger partial charge in [0.05, 0.1) is 0 Å². The summed E-state index contributed by atoms with van der Waals surface area (Å²) in [6, 6.07) is 16.8. The van der Waals surface area contributed by atoms with Gasteiger partial charge in [-0.1, -0.05) is 30.3 Å². The minimum absolute atomic E-state index is 0.613. The van der Waals surface area contributed by atoms with Crippen LogP contribution in [0.2, 0.25) is 0 Å². The molecule has 0 aromatic heterocycles. The van der Waals surface area contributed by atoms with Crippen LogP contribution in [0.4, 0.5) is 5.69 Å². The molecule has 0 saturated carbocycles. The Morgan fingerprint density at radius 2 is 1.95 bits per heavy atom. The molecule has 0 amide bonds. The minimum Gasteiger partial charge on any atom is -0.371 e. The van der Waals surface area contributed by atoms with Crippen molar-refractivity contribution in [2.24, 2.45) is 0 Å². The Bertz CT molecular complexity index is 606. The van der Waals surface area contributed by atoms with Gasteiger partial charge in [-0.05, 0) is 42.7 Å². The molecule has 0 bridgehead atoms. The third kappa shape index (κ3) is 2.46. The monoisotopic (exact) mass is 265 g/mol. The number of hydrogen-bond donors (Lipinski definition) is 0. The van der Waals surface area contributed by atoms with Crippen molar-refractivity contribution in [3.63, 3.8) is 0 Å². The summed E-state index contributed by atoms with van der Waals surface area (Å²) in [5, 5.41) is 0. The molecule has 2 aromatic carbocycles. The van der Waals surface area contributed by atoms with Crippen LogP contribution in [0.25, 0.3) is 0 Å². The Labute approximate surface area is 120 Å². The summed E-state index contributed by atoms with van der Waals surface area (Å²) in [6.45, 7) is 4.14. The number of anilines is 1. The van der Waals surface area contributed by atoms with E-state index in [9.17, 15) is 4.79 Å². The molecule has 20 heavy (non-hydrogen) atoms. The topological polar surface area (TPSA) is 20.3 Å². The fraction of sp³-hybridized carbons (Fsp3) is 0.278. The van der Waals surface area contributed by atoms with Gasteiger partial charge in [-0.2, -0.15) is 0 Å². The first-order chi connectivity index (χ1) is 9.78. The molecule has 3 rings (SSSR count). The molecule has 2 heteroatoms. The average molecular weight is 265 g/mol. The molecule has 1 fully saturated rings. The zero-order valence-electron chi connectivity index (χ0n) is 11.8. The van der Waals surface area contributed by atoms with Gasteiger partial charge in [0.25, 0.3) is 0 Å². The average Bonchev–Trinajstić information content (AvgIpc) is 2.98. The summed E-state index contributed by atoms with van der Waals surface area (Å²) in [6.07, 6.45) is 2.12. The third-order valence-electron chi connectivity index (χ3n) is 4.20. The zero-order valence-corrected chi connectivity index (χ0v) is 11.8. The first kappa shape index (κ1) is 12.9. The van der Waals surface area contributed by atoms with Crippen molar-refractivity contribution in [3.8, 4) is 0 Å². The van der Waals surface area contributed by atoms with Crippen molar-refractivity contribution in [2.45, 2.75) is 19.3 Å². The van der Waals surface area contributed by atoms with E-state index in [1.165, 1.54) is 17.7 Å². The Morgan fingerprint density at radius 3 is 2.65 bits per heavy atom. The Kier molecular flexibility index (Phi) is 3.55. The highest BCUT2D eigenvalue weighted by molar-refractivity contribution is 5.78. The maximum atomic E-state index is 10.9. The van der Waals surface area contributed by atoms with E-state index in [1.54, 1.807) is 0 Å². The van der Waals surface area contributed by atoms with Crippen molar-refractivity contribution in [1.29, 1.82) is 0 Å². The quantitative estimate of drug-likeness (QED) is 0.787. The highest BCUT2D eigenvalue weighted by Gasteiger charge is 2.24. The molecule has 0 radical (unpaired) electrons. The normalized spacial score (nSPS) is 18.2. The largest absolute Gasteiger partial charge is 0.371 e. The molecule has 0 spiro atoms. The van der Waals surface area contributed by atoms with E-state index in [1.807, 2.05) is 13.0 Å². The first-order valence-electron chi connectivity index (χ1n) is 7.13. The lowest BCUT2D eigenvalue weighted by molar-refractivity contribution is 0.112. The lowest BCUT2D eigenvalue weighted by atomic mass is 9.99. The second-order valence-corrected chi connectivity index (χ2v) is 5.50. The van der Waals surface area contributed by atoms with Gasteiger partial charge in [0.1, 0.15) is 6.29 Å². The number of carbonyl (C=O) groups excluding carboxylic acids is 1. The van der Waals surface area contributed by atoms with Crippen LogP contribution in [0.5, 0.6) is 0 Å². The van der Waals surface area contributed by atoms with Crippen LogP contribution in [-0.4, -0.2) is 19.4 Å². The molecular weight excluding hydrogens is 246 g/mol. The van der Waals surface area contributed by atoms with Gasteiger partial charge in [0.2, 0.25) is 0 Å². The number of carbonyl (C=O) groups is 1. The predicted molar refractivity (Wildman–Crippen MR) is 82.6 cm³/mol. The van der Waals surface area contributed by atoms with Crippen molar-refractivity contribution < 1.29 is 4.79 Å². The Morgan fingerprint density at radius 1 is 1.15 bits per heavy atom. The number of nitrogens with zero attached hydrogens (tertiary/aromatic N) is 1. The number of aldehydes is 1. The van der Waals surface area contributed by atoms with Crippen molar-refractivity contribution in [3.05, 3.63) is 65.2 Å². The fourth-order valence-electron chi connectivity index (χ4n) is 2.98. The molecule has 2 aromatic rings. The van der Waals surface area contributed by atoms with Gasteiger partial charge in [0, 0.05) is 30.3 Å². The van der Waals surface area contributed by atoms with E-state index in [0.29, 0.717) is 5.92 Å². The maximum absolute atomic E-state index is 10.9. The molecule has 0 N–H and O–H groups in total. The van der Waals surface area contributed by atoms with E-state index < -0.39 is 0 Å². The van der Waals surface area contributed by atoms with Crippen molar-refractivity contribution in [1.82, 2.24) is 0 Å². The summed E-state index contributed by atoms with van der Waals surface area (Å²) < 4.78 is 0. The van der Waals surface area contributed by atoms with E-state index in [4.69, 9.17) is 0 Å². The summed E-state index contributed by atoms with van der Waals surface area (Å²) >= 11 is 0. The van der Waals surface area contributed by atoms with E-state index >= 15 is 0 Å². The molecule has 1 aliphatic heterocycles. The van der Waals surface area contributed by atoms with Gasteiger partial charge in [0.15, 0.2) is 0 Å². The molecule has 1 heterocycles. The summed E-state index contributed by atoms with van der Waals surface area (Å²) in [5.41, 5.74) is 4.50. The maximum Gasteiger partial charge on any atom is 0.150 e. The Balaban J connectivity index is 1.77. The summed E-state index contributed by atoms with van der Waals surface area (Å²) in [5.74, 6) is 0.613. The highest BCUT2D eigenvalue weighted by Crippen LogP contribution is 2.31. The van der Waals surface area contributed by atoms with Gasteiger partial charge >= 0.3 is 0 Å². The number of aryl methyl sites for hydroxylation is 1. The van der Waals surface area contributed by atoms with Crippen LogP contribution >= 0.6 is 0 Å². The number of hydrogen-bond acceptors (Lipinski definition) is 2. The molecule has 2 nitrogen and oxygen atoms in total. The van der Waals surface area contributed by atoms with Gasteiger partial charge < -0.3 is 4.90 Å². The van der Waals surface area contributed by atoms with Crippen LogP contribution in [0.3, 0.4) is 0 Å². The summed E-state index contributed by atoms with van der Waals surface area (Å²) in [7, 11) is 0. The molecule has 1 saturated heterocycles. The van der Waals surface area contributed by atoms with Gasteiger partial charge in [-0.3, -0.25) is 4.79 Å². The molecule has 0 aliphatic carbocycles. The zero-order chi connectivity index (χ0) is 13.9. The lowest BCUT2D eigenvalue weighted by Crippen LogP contribution is -2.19. The van der Waals surface area contributed by atoms with Crippen LogP contribution in [0.1, 0.15) is 33.8 Å². The standard InChI is InChI=1S/C18H19NO/c1-14-11-18(8-7-17(14)13-20)19-10-9-16(12-19)15-5-3-2-4-6-15/h2-8,11,13,16H,9-10,12H2,1H3. The molecule has 1 aliphatic rings. The first-order valence-corrected chi connectivity index (χ1v) is 7.13. The molecule has 1 unspecified atom stereocenters. The Hall–Kier alpha value is -2.09. The van der Waals surface area contributed by atoms with Crippen LogP contribution in [-0.2, 0) is 0 Å². The second-order valence-electron chi connectivity index (χ2n) is 5.50. The van der Waals surface area contributed by atoms with E-state index in [2.05, 4.69) is 47.4 Å². The lowest BCUT2D eigenvalue weighted by Gasteiger charge is -2.20. The van der Waals surface area contributed by atoms with Crippen molar-refractivity contribution >= 4 is 12.0 Å². The van der Waals surface area contributed by atoms with E-state index in [-0.39, 0.29) is 0 Å². The van der Waals surface area contributed by atoms with E-state index in [0.717, 1.165) is 30.5 Å². The van der Waals surface area contributed by atoms with Crippen LogP contribution in [0.15, 0.2) is 48.5 Å². The second kappa shape index (κ2) is 5.49. The van der Waals surface area contributed by atoms with Gasteiger partial charge in [-0.25, -0.2) is 0 Å². The van der Waals surface area contributed by atoms with Crippen LogP contribution in [0, 0.1) is 6.92 Å². The fourth-order valence-corrected chi connectivity index (χ4v) is 2.98. The van der Waals surface area contributed by atoms with Crippen molar-refractivity contribution in [2.75, 3.05) is 18.0 Å². The number of rotatable bonds is 3.